The van der Waals surface area contributed by atoms with Crippen molar-refractivity contribution in [1.82, 2.24) is 5.32 Å². The number of carbonyl (C=O) groups is 2. The van der Waals surface area contributed by atoms with Gasteiger partial charge in [0.1, 0.15) is 0 Å². The van der Waals surface area contributed by atoms with Crippen LogP contribution in [0.15, 0.2) is 23.1 Å². The molecule has 0 aliphatic carbocycles. The van der Waals surface area contributed by atoms with Crippen LogP contribution in [0.1, 0.15) is 6.42 Å². The third kappa shape index (κ3) is 5.27. The van der Waals surface area contributed by atoms with Gasteiger partial charge in [0.15, 0.2) is 0 Å². The van der Waals surface area contributed by atoms with E-state index >= 15 is 0 Å². The molecule has 1 aromatic rings. The van der Waals surface area contributed by atoms with Crippen LogP contribution in [0.2, 0.25) is 0 Å². The molecule has 6 nitrogen and oxygen atoms in total. The maximum Gasteiger partial charge on any atom is 0.319 e. The predicted octanol–water partition coefficient (Wildman–Crippen LogP) is 2.46. The van der Waals surface area contributed by atoms with Crippen LogP contribution < -0.4 is 15.5 Å². The van der Waals surface area contributed by atoms with E-state index in [0.29, 0.717) is 17.9 Å². The lowest BCUT2D eigenvalue weighted by molar-refractivity contribution is -0.136. The van der Waals surface area contributed by atoms with Crippen molar-refractivity contribution in [1.29, 1.82) is 0 Å². The highest BCUT2D eigenvalue weighted by molar-refractivity contribution is 7.99. The van der Waals surface area contributed by atoms with Crippen LogP contribution in [0.3, 0.4) is 0 Å². The summed E-state index contributed by atoms with van der Waals surface area (Å²) in [6.45, 7) is 0.192. The minimum absolute atomic E-state index is 0.0134. The normalized spacial score (nSPS) is 13.6. The summed E-state index contributed by atoms with van der Waals surface area (Å²) in [6, 6.07) is 4.59. The van der Waals surface area contributed by atoms with Crippen molar-refractivity contribution in [3.8, 4) is 0 Å². The summed E-state index contributed by atoms with van der Waals surface area (Å²) in [7, 11) is 0. The molecule has 0 aromatic heterocycles. The lowest BCUT2D eigenvalue weighted by Gasteiger charge is -2.31. The fraction of sp³-hybridized carbons (Fsp3) is 0.429. The van der Waals surface area contributed by atoms with Gasteiger partial charge in [0.05, 0.1) is 18.7 Å². The Balaban J connectivity index is 2.01. The molecule has 1 aromatic carbocycles. The molecule has 126 valence electrons. The summed E-state index contributed by atoms with van der Waals surface area (Å²) in [4.78, 5) is 24.5. The molecule has 2 amide bonds. The zero-order valence-corrected chi connectivity index (χ0v) is 13.0. The second kappa shape index (κ2) is 8.00. The Labute approximate surface area is 136 Å². The van der Waals surface area contributed by atoms with E-state index in [-0.39, 0.29) is 19.5 Å². The number of aliphatic carboxylic acids is 1. The van der Waals surface area contributed by atoms with Crippen molar-refractivity contribution in [3.63, 3.8) is 0 Å². The third-order valence-electron chi connectivity index (χ3n) is 3.16. The molecule has 2 rings (SSSR count). The minimum atomic E-state index is -2.43. The number of thioether (sulfide) groups is 1. The van der Waals surface area contributed by atoms with E-state index in [1.807, 2.05) is 0 Å². The monoisotopic (exact) mass is 345 g/mol. The second-order valence-electron chi connectivity index (χ2n) is 4.89. The third-order valence-corrected chi connectivity index (χ3v) is 4.20. The number of amides is 2. The summed E-state index contributed by atoms with van der Waals surface area (Å²) in [5.74, 6) is -0.263. The van der Waals surface area contributed by atoms with Crippen molar-refractivity contribution in [2.75, 3.05) is 35.6 Å². The van der Waals surface area contributed by atoms with Crippen molar-refractivity contribution in [3.05, 3.63) is 18.2 Å². The van der Waals surface area contributed by atoms with E-state index in [2.05, 4.69) is 10.6 Å². The Morgan fingerprint density at radius 3 is 2.87 bits per heavy atom. The Morgan fingerprint density at radius 1 is 1.39 bits per heavy atom. The first-order chi connectivity index (χ1) is 11.0. The van der Waals surface area contributed by atoms with E-state index in [4.69, 9.17) is 5.11 Å². The Morgan fingerprint density at radius 2 is 2.17 bits per heavy atom. The van der Waals surface area contributed by atoms with Gasteiger partial charge in [-0.1, -0.05) is 0 Å². The van der Waals surface area contributed by atoms with Gasteiger partial charge in [-0.3, -0.25) is 4.79 Å². The summed E-state index contributed by atoms with van der Waals surface area (Å²) < 4.78 is 25.3. The highest BCUT2D eigenvalue weighted by Crippen LogP contribution is 2.36. The largest absolute Gasteiger partial charge is 0.481 e. The molecule has 23 heavy (non-hydrogen) atoms. The van der Waals surface area contributed by atoms with Gasteiger partial charge in [-0.15, -0.1) is 11.8 Å². The summed E-state index contributed by atoms with van der Waals surface area (Å²) in [6.07, 6.45) is -2.60. The number of urea groups is 1. The van der Waals surface area contributed by atoms with Crippen LogP contribution in [0.4, 0.5) is 25.0 Å². The van der Waals surface area contributed by atoms with Crippen molar-refractivity contribution in [2.24, 2.45) is 0 Å². The van der Waals surface area contributed by atoms with Gasteiger partial charge in [-0.05, 0) is 18.2 Å². The number of carboxylic acid groups (broad SMARTS) is 1. The number of carboxylic acids is 1. The van der Waals surface area contributed by atoms with Crippen molar-refractivity contribution in [2.45, 2.75) is 17.7 Å². The first-order valence-electron chi connectivity index (χ1n) is 7.02. The van der Waals surface area contributed by atoms with Crippen molar-refractivity contribution < 1.29 is 23.5 Å². The Hall–Kier alpha value is -2.03. The van der Waals surface area contributed by atoms with Gasteiger partial charge in [0.25, 0.3) is 6.43 Å². The molecule has 3 N–H and O–H groups in total. The highest BCUT2D eigenvalue weighted by atomic mass is 32.2. The number of halogens is 2. The van der Waals surface area contributed by atoms with Crippen LogP contribution in [0, 0.1) is 0 Å². The lowest BCUT2D eigenvalue weighted by Crippen LogP contribution is -2.34. The molecular weight excluding hydrogens is 328 g/mol. The predicted molar refractivity (Wildman–Crippen MR) is 84.7 cm³/mol. The number of alkyl halides is 2. The summed E-state index contributed by atoms with van der Waals surface area (Å²) >= 11 is 1.58. The van der Waals surface area contributed by atoms with Crippen molar-refractivity contribution >= 4 is 35.1 Å². The number of anilines is 2. The van der Waals surface area contributed by atoms with E-state index in [0.717, 1.165) is 10.6 Å². The van der Waals surface area contributed by atoms with Crippen LogP contribution >= 0.6 is 11.8 Å². The van der Waals surface area contributed by atoms with Crippen LogP contribution in [0.5, 0.6) is 0 Å². The topological polar surface area (TPSA) is 81.7 Å². The summed E-state index contributed by atoms with van der Waals surface area (Å²) in [5, 5.41) is 13.5. The zero-order chi connectivity index (χ0) is 16.8. The molecule has 0 spiro atoms. The van der Waals surface area contributed by atoms with Crippen LogP contribution in [0.25, 0.3) is 0 Å². The molecule has 0 saturated heterocycles. The van der Waals surface area contributed by atoms with E-state index in [1.54, 1.807) is 34.9 Å². The molecule has 1 heterocycles. The number of fused-ring (bicyclic) bond motifs is 1. The van der Waals surface area contributed by atoms with E-state index in [9.17, 15) is 18.4 Å². The molecule has 0 bridgehead atoms. The quantitative estimate of drug-likeness (QED) is 0.738. The molecule has 0 saturated carbocycles. The first kappa shape index (κ1) is 17.3. The maximum absolute atomic E-state index is 12.7. The van der Waals surface area contributed by atoms with Gasteiger partial charge < -0.3 is 20.6 Å². The number of benzene rings is 1. The highest BCUT2D eigenvalue weighted by Gasteiger charge is 2.21. The van der Waals surface area contributed by atoms with Gasteiger partial charge in [-0.25, -0.2) is 13.6 Å². The van der Waals surface area contributed by atoms with Gasteiger partial charge in [-0.2, -0.15) is 0 Å². The molecule has 1 aliphatic rings. The van der Waals surface area contributed by atoms with Crippen LogP contribution in [-0.2, 0) is 4.79 Å². The molecule has 0 fully saturated rings. The van der Waals surface area contributed by atoms with E-state index < -0.39 is 18.4 Å². The number of nitrogens with one attached hydrogen (secondary N) is 2. The SMILES string of the molecule is O=C(O)CCNC(=O)Nc1ccc2c(c1)N(CC(F)F)CCS2. The van der Waals surface area contributed by atoms with Gasteiger partial charge >= 0.3 is 12.0 Å². The smallest absolute Gasteiger partial charge is 0.319 e. The minimum Gasteiger partial charge on any atom is -0.481 e. The lowest BCUT2D eigenvalue weighted by atomic mass is 10.2. The number of hydrogen-bond donors (Lipinski definition) is 3. The standard InChI is InChI=1S/C14H17F2N3O3S/c15-12(16)8-19-5-6-23-11-2-1-9(7-10(11)19)18-14(22)17-4-3-13(20)21/h1-2,7,12H,3-6,8H2,(H,20,21)(H2,17,18,22). The second-order valence-corrected chi connectivity index (χ2v) is 6.03. The number of carbonyl (C=O) groups excluding carboxylic acids is 1. The number of hydrogen-bond acceptors (Lipinski definition) is 4. The first-order valence-corrected chi connectivity index (χ1v) is 8.01. The molecule has 1 aliphatic heterocycles. The summed E-state index contributed by atoms with van der Waals surface area (Å²) in [5.41, 5.74) is 1.14. The molecule has 0 atom stereocenters. The van der Waals surface area contributed by atoms with Crippen LogP contribution in [-0.4, -0.2) is 48.9 Å². The number of rotatable bonds is 6. The van der Waals surface area contributed by atoms with E-state index in [1.165, 1.54) is 0 Å². The average Bonchev–Trinajstić information content (AvgIpc) is 2.47. The fourth-order valence-electron chi connectivity index (χ4n) is 2.17. The zero-order valence-electron chi connectivity index (χ0n) is 12.2. The van der Waals surface area contributed by atoms with Gasteiger partial charge in [0.2, 0.25) is 0 Å². The Bertz CT molecular complexity index is 586. The Kier molecular flexibility index (Phi) is 6.03. The average molecular weight is 345 g/mol. The molecule has 9 heteroatoms. The molecule has 0 radical (unpaired) electrons. The fourth-order valence-corrected chi connectivity index (χ4v) is 3.20. The molecular formula is C14H17F2N3O3S. The maximum atomic E-state index is 12.7. The number of nitrogens with zero attached hydrogens (tertiary/aromatic N) is 1. The van der Waals surface area contributed by atoms with Gasteiger partial charge in [0, 0.05) is 29.4 Å². The molecule has 0 unspecified atom stereocenters.